The molecule has 0 saturated carbocycles. The third kappa shape index (κ3) is 2.51. The molecule has 0 atom stereocenters. The molecule has 0 amide bonds. The van der Waals surface area contributed by atoms with E-state index in [1.807, 2.05) is 13.2 Å². The van der Waals surface area contributed by atoms with E-state index >= 15 is 0 Å². The molecule has 4 nitrogen and oxygen atoms in total. The van der Waals surface area contributed by atoms with Crippen LogP contribution < -0.4 is 5.56 Å². The van der Waals surface area contributed by atoms with Gasteiger partial charge in [-0.3, -0.25) is 4.79 Å². The van der Waals surface area contributed by atoms with Crippen molar-refractivity contribution in [2.75, 3.05) is 6.26 Å². The third-order valence-electron chi connectivity index (χ3n) is 1.82. The summed E-state index contributed by atoms with van der Waals surface area (Å²) in [4.78, 5) is 18.0. The van der Waals surface area contributed by atoms with Gasteiger partial charge in [0, 0.05) is 0 Å². The highest BCUT2D eigenvalue weighted by Crippen LogP contribution is 2.12. The van der Waals surface area contributed by atoms with Crippen LogP contribution in [0.4, 0.5) is 0 Å². The molecule has 1 aromatic heterocycles. The predicted molar refractivity (Wildman–Crippen MR) is 57.7 cm³/mol. The maximum atomic E-state index is 11.5. The Morgan fingerprint density at radius 3 is 2.79 bits per heavy atom. The fraction of sp³-hybridized carbons (Fsp3) is 0.556. The standard InChI is InChI=1S/C9H14N2O2S/c1-3-4-6-8(12)10-7(5-14-2)11-9(6)13/h3-5H2,1-2H3,(H2,10,11,12,13). The number of aromatic nitrogens is 2. The van der Waals surface area contributed by atoms with Crippen molar-refractivity contribution >= 4 is 11.8 Å². The van der Waals surface area contributed by atoms with Gasteiger partial charge in [-0.25, -0.2) is 0 Å². The van der Waals surface area contributed by atoms with Gasteiger partial charge >= 0.3 is 0 Å². The quantitative estimate of drug-likeness (QED) is 0.792. The number of thioether (sulfide) groups is 1. The molecule has 0 spiro atoms. The maximum Gasteiger partial charge on any atom is 0.257 e. The summed E-state index contributed by atoms with van der Waals surface area (Å²) in [7, 11) is 0. The van der Waals surface area contributed by atoms with E-state index < -0.39 is 0 Å². The van der Waals surface area contributed by atoms with E-state index in [4.69, 9.17) is 0 Å². The first-order valence-corrected chi connectivity index (χ1v) is 5.88. The second kappa shape index (κ2) is 5.05. The van der Waals surface area contributed by atoms with Crippen molar-refractivity contribution in [2.24, 2.45) is 0 Å². The van der Waals surface area contributed by atoms with Gasteiger partial charge in [0.1, 0.15) is 5.82 Å². The van der Waals surface area contributed by atoms with Crippen LogP contribution >= 0.6 is 11.8 Å². The molecule has 0 aliphatic rings. The van der Waals surface area contributed by atoms with Crippen LogP contribution in [-0.4, -0.2) is 21.3 Å². The second-order valence-electron chi connectivity index (χ2n) is 3.00. The fourth-order valence-corrected chi connectivity index (χ4v) is 1.62. The molecular formula is C9H14N2O2S. The van der Waals surface area contributed by atoms with Crippen molar-refractivity contribution in [3.8, 4) is 5.88 Å². The van der Waals surface area contributed by atoms with Crippen LogP contribution in [0.3, 0.4) is 0 Å². The first-order valence-electron chi connectivity index (χ1n) is 4.49. The summed E-state index contributed by atoms with van der Waals surface area (Å²) >= 11 is 1.55. The number of hydrogen-bond acceptors (Lipinski definition) is 4. The lowest BCUT2D eigenvalue weighted by Gasteiger charge is -2.03. The minimum absolute atomic E-state index is 0.125. The topological polar surface area (TPSA) is 66.0 Å². The fourth-order valence-electron chi connectivity index (χ4n) is 1.21. The Bertz CT molecular complexity index is 362. The van der Waals surface area contributed by atoms with E-state index in [9.17, 15) is 9.90 Å². The van der Waals surface area contributed by atoms with Crippen LogP contribution in [0.1, 0.15) is 24.7 Å². The summed E-state index contributed by atoms with van der Waals surface area (Å²) in [5.41, 5.74) is 0.167. The summed E-state index contributed by atoms with van der Waals surface area (Å²) < 4.78 is 0. The van der Waals surface area contributed by atoms with E-state index in [-0.39, 0.29) is 11.4 Å². The number of H-pyrrole nitrogens is 1. The van der Waals surface area contributed by atoms with Gasteiger partial charge in [0.15, 0.2) is 0 Å². The summed E-state index contributed by atoms with van der Waals surface area (Å²) in [5, 5.41) is 9.49. The second-order valence-corrected chi connectivity index (χ2v) is 3.86. The molecular weight excluding hydrogens is 200 g/mol. The Balaban J connectivity index is 3.05. The predicted octanol–water partition coefficient (Wildman–Crippen LogP) is 1.29. The first kappa shape index (κ1) is 11.1. The molecule has 1 aromatic rings. The molecule has 14 heavy (non-hydrogen) atoms. The number of nitrogens with one attached hydrogen (secondary N) is 1. The van der Waals surface area contributed by atoms with Crippen molar-refractivity contribution in [2.45, 2.75) is 25.5 Å². The Hall–Kier alpha value is -0.970. The van der Waals surface area contributed by atoms with Crippen LogP contribution in [0.5, 0.6) is 5.88 Å². The van der Waals surface area contributed by atoms with Gasteiger partial charge in [0.25, 0.3) is 5.56 Å². The van der Waals surface area contributed by atoms with Crippen molar-refractivity contribution in [3.63, 3.8) is 0 Å². The summed E-state index contributed by atoms with van der Waals surface area (Å²) in [6.45, 7) is 1.95. The normalized spacial score (nSPS) is 10.4. The first-order chi connectivity index (χ1) is 6.69. The highest BCUT2D eigenvalue weighted by molar-refractivity contribution is 7.97. The van der Waals surface area contributed by atoms with E-state index in [0.717, 1.165) is 6.42 Å². The van der Waals surface area contributed by atoms with E-state index in [1.54, 1.807) is 11.8 Å². The van der Waals surface area contributed by atoms with Crippen LogP contribution in [0.2, 0.25) is 0 Å². The lowest BCUT2D eigenvalue weighted by molar-refractivity contribution is 0.440. The van der Waals surface area contributed by atoms with Gasteiger partial charge in [-0.05, 0) is 12.7 Å². The summed E-state index contributed by atoms with van der Waals surface area (Å²) in [6, 6.07) is 0. The Morgan fingerprint density at radius 1 is 1.57 bits per heavy atom. The zero-order valence-electron chi connectivity index (χ0n) is 8.33. The Morgan fingerprint density at radius 2 is 2.29 bits per heavy atom. The molecule has 1 heterocycles. The number of aromatic amines is 1. The lowest BCUT2D eigenvalue weighted by Crippen LogP contribution is -2.16. The number of hydrogen-bond donors (Lipinski definition) is 2. The van der Waals surface area contributed by atoms with E-state index in [0.29, 0.717) is 23.6 Å². The summed E-state index contributed by atoms with van der Waals surface area (Å²) in [6.07, 6.45) is 3.30. The van der Waals surface area contributed by atoms with Gasteiger partial charge in [0.2, 0.25) is 5.88 Å². The van der Waals surface area contributed by atoms with Gasteiger partial charge in [-0.2, -0.15) is 16.7 Å². The van der Waals surface area contributed by atoms with Gasteiger partial charge < -0.3 is 10.1 Å². The largest absolute Gasteiger partial charge is 0.493 e. The molecule has 0 saturated heterocycles. The molecule has 78 valence electrons. The monoisotopic (exact) mass is 214 g/mol. The van der Waals surface area contributed by atoms with Crippen molar-refractivity contribution in [1.82, 2.24) is 9.97 Å². The average Bonchev–Trinajstić information content (AvgIpc) is 2.12. The molecule has 0 aliphatic heterocycles. The Labute approximate surface area is 86.8 Å². The van der Waals surface area contributed by atoms with Crippen LogP contribution in [0.25, 0.3) is 0 Å². The zero-order valence-corrected chi connectivity index (χ0v) is 9.15. The smallest absolute Gasteiger partial charge is 0.257 e. The third-order valence-corrected chi connectivity index (χ3v) is 2.39. The SMILES string of the molecule is CCCc1c(O)nc(CSC)[nH]c1=O. The van der Waals surface area contributed by atoms with Gasteiger partial charge in [0.05, 0.1) is 11.3 Å². The van der Waals surface area contributed by atoms with Gasteiger partial charge in [-0.1, -0.05) is 13.3 Å². The molecule has 2 N–H and O–H groups in total. The molecule has 5 heteroatoms. The molecule has 0 unspecified atom stereocenters. The van der Waals surface area contributed by atoms with E-state index in [1.165, 1.54) is 0 Å². The van der Waals surface area contributed by atoms with Gasteiger partial charge in [-0.15, -0.1) is 0 Å². The average molecular weight is 214 g/mol. The lowest BCUT2D eigenvalue weighted by atomic mass is 10.2. The van der Waals surface area contributed by atoms with Crippen LogP contribution in [0.15, 0.2) is 4.79 Å². The van der Waals surface area contributed by atoms with Crippen molar-refractivity contribution in [1.29, 1.82) is 0 Å². The Kier molecular flexibility index (Phi) is 4.00. The molecule has 0 aromatic carbocycles. The maximum absolute atomic E-state index is 11.5. The summed E-state index contributed by atoms with van der Waals surface area (Å²) in [5.74, 6) is 1.01. The minimum atomic E-state index is -0.219. The molecule has 0 bridgehead atoms. The highest BCUT2D eigenvalue weighted by Gasteiger charge is 2.08. The minimum Gasteiger partial charge on any atom is -0.493 e. The highest BCUT2D eigenvalue weighted by atomic mass is 32.2. The zero-order chi connectivity index (χ0) is 10.6. The van der Waals surface area contributed by atoms with E-state index in [2.05, 4.69) is 9.97 Å². The van der Waals surface area contributed by atoms with Crippen molar-refractivity contribution in [3.05, 3.63) is 21.7 Å². The molecule has 0 fully saturated rings. The molecule has 1 rings (SSSR count). The molecule has 0 radical (unpaired) electrons. The molecule has 0 aliphatic carbocycles. The van der Waals surface area contributed by atoms with Crippen molar-refractivity contribution < 1.29 is 5.11 Å². The number of nitrogens with zero attached hydrogens (tertiary/aromatic N) is 1. The number of aromatic hydroxyl groups is 1. The number of rotatable bonds is 4. The van der Waals surface area contributed by atoms with Crippen LogP contribution in [0, 0.1) is 0 Å². The van der Waals surface area contributed by atoms with Crippen LogP contribution in [-0.2, 0) is 12.2 Å².